The van der Waals surface area contributed by atoms with E-state index in [1.54, 1.807) is 6.92 Å². The first-order valence-corrected chi connectivity index (χ1v) is 3.51. The molecule has 0 spiro atoms. The van der Waals surface area contributed by atoms with Gasteiger partial charge in [-0.1, -0.05) is 6.58 Å². The van der Waals surface area contributed by atoms with Crippen molar-refractivity contribution >= 4 is 5.97 Å². The van der Waals surface area contributed by atoms with E-state index >= 15 is 0 Å². The molecule has 0 fully saturated rings. The first-order valence-electron chi connectivity index (χ1n) is 3.51. The predicted octanol–water partition coefficient (Wildman–Crippen LogP) is 0.725. The summed E-state index contributed by atoms with van der Waals surface area (Å²) in [7, 11) is 2.81. The van der Waals surface area contributed by atoms with Crippen molar-refractivity contribution in [2.24, 2.45) is 0 Å². The molecule has 4 nitrogen and oxygen atoms in total. The first-order chi connectivity index (χ1) is 5.63. The van der Waals surface area contributed by atoms with E-state index in [1.165, 1.54) is 14.2 Å². The van der Waals surface area contributed by atoms with Crippen molar-refractivity contribution in [1.82, 2.24) is 0 Å². The van der Waals surface area contributed by atoms with Gasteiger partial charge in [0.15, 0.2) is 0 Å². The van der Waals surface area contributed by atoms with E-state index < -0.39 is 5.97 Å². The molecule has 0 amide bonds. The zero-order valence-corrected chi connectivity index (χ0v) is 7.62. The smallest absolute Gasteiger partial charge is 0.335 e. The van der Waals surface area contributed by atoms with Crippen LogP contribution in [-0.4, -0.2) is 33.1 Å². The van der Waals surface area contributed by atoms with Crippen molar-refractivity contribution in [2.45, 2.75) is 13.0 Å². The molecule has 1 atom stereocenters. The summed E-state index contributed by atoms with van der Waals surface area (Å²) in [5.41, 5.74) is 0.287. The van der Waals surface area contributed by atoms with Crippen LogP contribution >= 0.6 is 0 Å². The van der Waals surface area contributed by atoms with Gasteiger partial charge < -0.3 is 14.2 Å². The van der Waals surface area contributed by atoms with E-state index in [-0.39, 0.29) is 18.5 Å². The Morgan fingerprint density at radius 2 is 2.08 bits per heavy atom. The molecule has 4 heteroatoms. The Bertz CT molecular complexity index is 164. The standard InChI is InChI=1S/C8H14O4/c1-6(8(9)11-4)7(2)12-5-10-3/h7H,1,5H2,2-4H3. The second kappa shape index (κ2) is 5.74. The molecule has 0 aliphatic rings. The molecule has 0 heterocycles. The van der Waals surface area contributed by atoms with Crippen molar-refractivity contribution in [3.05, 3.63) is 12.2 Å². The van der Waals surface area contributed by atoms with E-state index in [2.05, 4.69) is 16.1 Å². The highest BCUT2D eigenvalue weighted by Crippen LogP contribution is 2.05. The normalized spacial score (nSPS) is 12.2. The van der Waals surface area contributed by atoms with Crippen LogP contribution < -0.4 is 0 Å². The van der Waals surface area contributed by atoms with Crippen LogP contribution in [0.5, 0.6) is 0 Å². The molecule has 0 aliphatic carbocycles. The van der Waals surface area contributed by atoms with Gasteiger partial charge in [0.05, 0.1) is 18.8 Å². The van der Waals surface area contributed by atoms with E-state index in [4.69, 9.17) is 4.74 Å². The van der Waals surface area contributed by atoms with Gasteiger partial charge >= 0.3 is 5.97 Å². The first kappa shape index (κ1) is 11.1. The Morgan fingerprint density at radius 1 is 1.50 bits per heavy atom. The fraction of sp³-hybridized carbons (Fsp3) is 0.625. The van der Waals surface area contributed by atoms with Gasteiger partial charge in [0.25, 0.3) is 0 Å². The monoisotopic (exact) mass is 174 g/mol. The molecule has 0 saturated carbocycles. The maximum absolute atomic E-state index is 10.9. The molecule has 0 radical (unpaired) electrons. The summed E-state index contributed by atoms with van der Waals surface area (Å²) in [5, 5.41) is 0. The lowest BCUT2D eigenvalue weighted by molar-refractivity contribution is -0.138. The zero-order valence-electron chi connectivity index (χ0n) is 7.62. The van der Waals surface area contributed by atoms with E-state index in [9.17, 15) is 4.79 Å². The second-order valence-electron chi connectivity index (χ2n) is 2.23. The Kier molecular flexibility index (Phi) is 5.32. The van der Waals surface area contributed by atoms with Gasteiger partial charge in [0.2, 0.25) is 0 Å². The third kappa shape index (κ3) is 3.50. The molecule has 70 valence electrons. The number of esters is 1. The van der Waals surface area contributed by atoms with Gasteiger partial charge in [0, 0.05) is 7.11 Å². The van der Waals surface area contributed by atoms with Gasteiger partial charge in [-0.05, 0) is 6.92 Å². The van der Waals surface area contributed by atoms with Crippen LogP contribution in [-0.2, 0) is 19.0 Å². The lowest BCUT2D eigenvalue weighted by atomic mass is 10.2. The highest BCUT2D eigenvalue weighted by molar-refractivity contribution is 5.88. The highest BCUT2D eigenvalue weighted by Gasteiger charge is 2.14. The molecule has 12 heavy (non-hydrogen) atoms. The van der Waals surface area contributed by atoms with Crippen LogP contribution in [0.2, 0.25) is 0 Å². The average molecular weight is 174 g/mol. The Morgan fingerprint density at radius 3 is 2.50 bits per heavy atom. The number of hydrogen-bond acceptors (Lipinski definition) is 4. The van der Waals surface area contributed by atoms with Crippen LogP contribution in [0, 0.1) is 0 Å². The van der Waals surface area contributed by atoms with Gasteiger partial charge in [-0.3, -0.25) is 0 Å². The lowest BCUT2D eigenvalue weighted by Crippen LogP contribution is -2.19. The topological polar surface area (TPSA) is 44.8 Å². The summed E-state index contributed by atoms with van der Waals surface area (Å²) in [4.78, 5) is 10.9. The summed E-state index contributed by atoms with van der Waals surface area (Å²) in [6.45, 7) is 5.37. The fourth-order valence-electron chi connectivity index (χ4n) is 0.568. The number of rotatable bonds is 5. The summed E-state index contributed by atoms with van der Waals surface area (Å²) < 4.78 is 14.2. The number of hydrogen-bond donors (Lipinski definition) is 0. The SMILES string of the molecule is C=C(C(=O)OC)C(C)OCOC. The maximum Gasteiger partial charge on any atom is 0.335 e. The molecular formula is C8H14O4. The van der Waals surface area contributed by atoms with Crippen molar-refractivity contribution in [3.8, 4) is 0 Å². The quantitative estimate of drug-likeness (QED) is 0.350. The fourth-order valence-corrected chi connectivity index (χ4v) is 0.568. The minimum Gasteiger partial charge on any atom is -0.466 e. The number of carbonyl (C=O) groups excluding carboxylic acids is 1. The number of ether oxygens (including phenoxy) is 3. The van der Waals surface area contributed by atoms with Crippen LogP contribution in [0.15, 0.2) is 12.2 Å². The summed E-state index contributed by atoms with van der Waals surface area (Å²) in [6, 6.07) is 0. The molecule has 0 N–H and O–H groups in total. The van der Waals surface area contributed by atoms with Crippen molar-refractivity contribution < 1.29 is 19.0 Å². The Balaban J connectivity index is 3.84. The van der Waals surface area contributed by atoms with Crippen LogP contribution in [0.1, 0.15) is 6.92 Å². The average Bonchev–Trinajstić information content (AvgIpc) is 2.11. The maximum atomic E-state index is 10.9. The molecule has 0 saturated heterocycles. The van der Waals surface area contributed by atoms with Crippen molar-refractivity contribution in [1.29, 1.82) is 0 Å². The number of carbonyl (C=O) groups is 1. The largest absolute Gasteiger partial charge is 0.466 e. The van der Waals surface area contributed by atoms with Crippen LogP contribution in [0.3, 0.4) is 0 Å². The Hall–Kier alpha value is -0.870. The van der Waals surface area contributed by atoms with Gasteiger partial charge in [0.1, 0.15) is 6.79 Å². The van der Waals surface area contributed by atoms with Gasteiger partial charge in [-0.2, -0.15) is 0 Å². The number of methoxy groups -OCH3 is 2. The minimum absolute atomic E-state index is 0.136. The third-order valence-electron chi connectivity index (χ3n) is 1.37. The highest BCUT2D eigenvalue weighted by atomic mass is 16.7. The summed E-state index contributed by atoms with van der Waals surface area (Å²) in [6.07, 6.45) is -0.377. The van der Waals surface area contributed by atoms with Crippen LogP contribution in [0.4, 0.5) is 0 Å². The molecule has 1 unspecified atom stereocenters. The van der Waals surface area contributed by atoms with Crippen molar-refractivity contribution in [3.63, 3.8) is 0 Å². The van der Waals surface area contributed by atoms with Crippen molar-refractivity contribution in [2.75, 3.05) is 21.0 Å². The molecule has 0 aliphatic heterocycles. The summed E-state index contributed by atoms with van der Waals surface area (Å²) in [5.74, 6) is -0.460. The van der Waals surface area contributed by atoms with Crippen LogP contribution in [0.25, 0.3) is 0 Å². The lowest BCUT2D eigenvalue weighted by Gasteiger charge is -2.12. The molecule has 0 aromatic heterocycles. The molecular weight excluding hydrogens is 160 g/mol. The summed E-state index contributed by atoms with van der Waals surface area (Å²) >= 11 is 0. The predicted molar refractivity (Wildman–Crippen MR) is 43.6 cm³/mol. The third-order valence-corrected chi connectivity index (χ3v) is 1.37. The zero-order chi connectivity index (χ0) is 9.56. The van der Waals surface area contributed by atoms with Gasteiger partial charge in [-0.15, -0.1) is 0 Å². The van der Waals surface area contributed by atoms with E-state index in [1.807, 2.05) is 0 Å². The minimum atomic E-state index is -0.460. The Labute approximate surface area is 72.1 Å². The molecule has 0 aromatic carbocycles. The molecule has 0 bridgehead atoms. The van der Waals surface area contributed by atoms with E-state index in [0.717, 1.165) is 0 Å². The molecule has 0 rings (SSSR count). The van der Waals surface area contributed by atoms with E-state index in [0.29, 0.717) is 0 Å². The second-order valence-corrected chi connectivity index (χ2v) is 2.23. The molecule has 0 aromatic rings. The van der Waals surface area contributed by atoms with Gasteiger partial charge in [-0.25, -0.2) is 4.79 Å².